The second-order valence-corrected chi connectivity index (χ2v) is 5.54. The number of esters is 1. The van der Waals surface area contributed by atoms with Gasteiger partial charge in [-0.05, 0) is 30.3 Å². The maximum absolute atomic E-state index is 13.7. The largest absolute Gasteiger partial charge is 0.460 e. The number of carbonyl (C=O) groups is 1. The van der Waals surface area contributed by atoms with Gasteiger partial charge in [0.05, 0.1) is 5.02 Å². The van der Waals surface area contributed by atoms with E-state index in [-0.39, 0.29) is 22.4 Å². The van der Waals surface area contributed by atoms with Gasteiger partial charge in [0.1, 0.15) is 16.5 Å². The summed E-state index contributed by atoms with van der Waals surface area (Å²) in [5, 5.41) is 0.419. The van der Waals surface area contributed by atoms with Gasteiger partial charge in [0, 0.05) is 13.3 Å². The monoisotopic (exact) mass is 413 g/mol. The molecule has 0 aliphatic carbocycles. The predicted octanol–water partition coefficient (Wildman–Crippen LogP) is 4.96. The van der Waals surface area contributed by atoms with Crippen LogP contribution < -0.4 is 9.47 Å². The van der Waals surface area contributed by atoms with Gasteiger partial charge < -0.3 is 14.2 Å². The molecule has 0 saturated heterocycles. The minimum Gasteiger partial charge on any atom is -0.438 e. The highest BCUT2D eigenvalue weighted by Gasteiger charge is 2.64. The Morgan fingerprint density at radius 3 is 2.15 bits per heavy atom. The van der Waals surface area contributed by atoms with Crippen LogP contribution in [-0.2, 0) is 9.53 Å². The molecule has 1 aromatic heterocycles. The Hall–Kier alpha value is -2.10. The molecule has 26 heavy (non-hydrogen) atoms. The normalized spacial score (nSPS) is 13.8. The lowest BCUT2D eigenvalue weighted by Gasteiger charge is -2.23. The average molecular weight is 414 g/mol. The summed E-state index contributed by atoms with van der Waals surface area (Å²) < 4.78 is 64.8. The molecular weight excluding hydrogens is 405 g/mol. The van der Waals surface area contributed by atoms with E-state index in [0.29, 0.717) is 12.1 Å². The van der Waals surface area contributed by atoms with E-state index in [4.69, 9.17) is 27.9 Å². The first-order chi connectivity index (χ1) is 12.1. The number of benzene rings is 1. The second kappa shape index (κ2) is 7.65. The molecule has 140 valence electrons. The summed E-state index contributed by atoms with van der Waals surface area (Å²) in [5.74, 6) is -7.00. The van der Waals surface area contributed by atoms with Gasteiger partial charge in [0.2, 0.25) is 5.88 Å². The van der Waals surface area contributed by atoms with E-state index in [0.717, 1.165) is 12.1 Å². The number of alkyl halides is 4. The number of nitrogens with zero attached hydrogens (tertiary/aromatic N) is 1. The van der Waals surface area contributed by atoms with Gasteiger partial charge in [-0.1, -0.05) is 23.2 Å². The molecule has 0 radical (unpaired) electrons. The fourth-order valence-electron chi connectivity index (χ4n) is 1.65. The number of pyridine rings is 1. The quantitative estimate of drug-likeness (QED) is 0.393. The Labute approximate surface area is 154 Å². The number of aromatic nitrogens is 1. The number of hydrogen-bond acceptors (Lipinski definition) is 5. The van der Waals surface area contributed by atoms with Crippen molar-refractivity contribution in [3.05, 3.63) is 46.6 Å². The zero-order valence-corrected chi connectivity index (χ0v) is 14.3. The minimum absolute atomic E-state index is 0.0278. The van der Waals surface area contributed by atoms with Crippen LogP contribution in [0, 0.1) is 0 Å². The van der Waals surface area contributed by atoms with Gasteiger partial charge in [-0.3, -0.25) is 0 Å². The third-order valence-electron chi connectivity index (χ3n) is 2.93. The highest BCUT2D eigenvalue weighted by molar-refractivity contribution is 6.35. The van der Waals surface area contributed by atoms with Crippen LogP contribution in [-0.4, -0.2) is 30.1 Å². The molecule has 0 amide bonds. The summed E-state index contributed by atoms with van der Waals surface area (Å²) in [6.45, 7) is 0. The molecular formula is C15H9Cl2F4NO4. The highest BCUT2D eigenvalue weighted by Crippen LogP contribution is 2.36. The topological polar surface area (TPSA) is 57.7 Å². The van der Waals surface area contributed by atoms with Crippen LogP contribution in [0.25, 0.3) is 0 Å². The lowest BCUT2D eigenvalue weighted by Crippen LogP contribution is -2.51. The summed E-state index contributed by atoms with van der Waals surface area (Å²) >= 11 is 11.6. The standard InChI is InChI=1S/C15H9Cl2F4NO4/c1-24-14(18,15(19,20)21)13(23)26-10-4-2-9(3-5-10)25-12-11(17)6-8(16)7-22-12/h2-7H,1H3/t14-/m0/s1. The SMILES string of the molecule is CO[C@@](F)(C(=O)Oc1ccc(Oc2ncc(Cl)cc2Cl)cc1)C(F)(F)F. The van der Waals surface area contributed by atoms with Crippen molar-refractivity contribution in [1.82, 2.24) is 4.98 Å². The second-order valence-electron chi connectivity index (χ2n) is 4.70. The lowest BCUT2D eigenvalue weighted by molar-refractivity contribution is -0.313. The van der Waals surface area contributed by atoms with Crippen molar-refractivity contribution in [2.45, 2.75) is 12.0 Å². The van der Waals surface area contributed by atoms with Crippen molar-refractivity contribution >= 4 is 29.2 Å². The summed E-state index contributed by atoms with van der Waals surface area (Å²) in [6, 6.07) is 6.06. The van der Waals surface area contributed by atoms with Crippen molar-refractivity contribution < 1.29 is 36.6 Å². The van der Waals surface area contributed by atoms with Crippen molar-refractivity contribution in [3.8, 4) is 17.4 Å². The molecule has 0 unspecified atom stereocenters. The van der Waals surface area contributed by atoms with Crippen LogP contribution in [0.1, 0.15) is 0 Å². The summed E-state index contributed by atoms with van der Waals surface area (Å²) in [7, 11) is 0.397. The fraction of sp³-hybridized carbons (Fsp3) is 0.200. The lowest BCUT2D eigenvalue weighted by atomic mass is 10.3. The third kappa shape index (κ3) is 4.35. The molecule has 1 heterocycles. The predicted molar refractivity (Wildman–Crippen MR) is 83.3 cm³/mol. The first-order valence-electron chi connectivity index (χ1n) is 6.69. The van der Waals surface area contributed by atoms with E-state index in [1.807, 2.05) is 0 Å². The molecule has 0 saturated carbocycles. The Morgan fingerprint density at radius 2 is 1.65 bits per heavy atom. The van der Waals surface area contributed by atoms with Crippen molar-refractivity contribution in [2.24, 2.45) is 0 Å². The molecule has 11 heteroatoms. The molecule has 1 aromatic carbocycles. The number of ether oxygens (including phenoxy) is 3. The van der Waals surface area contributed by atoms with Crippen LogP contribution in [0.2, 0.25) is 10.0 Å². The molecule has 5 nitrogen and oxygen atoms in total. The Balaban J connectivity index is 2.11. The molecule has 0 fully saturated rings. The van der Waals surface area contributed by atoms with Gasteiger partial charge >= 0.3 is 18.0 Å². The Morgan fingerprint density at radius 1 is 1.08 bits per heavy atom. The smallest absolute Gasteiger partial charge is 0.438 e. The van der Waals surface area contributed by atoms with Crippen LogP contribution in [0.4, 0.5) is 17.6 Å². The molecule has 1 atom stereocenters. The van der Waals surface area contributed by atoms with Crippen molar-refractivity contribution in [3.63, 3.8) is 0 Å². The molecule has 0 aliphatic heterocycles. The van der Waals surface area contributed by atoms with E-state index in [9.17, 15) is 22.4 Å². The fourth-order valence-corrected chi connectivity index (χ4v) is 2.07. The molecule has 2 aromatic rings. The number of rotatable bonds is 5. The highest BCUT2D eigenvalue weighted by atomic mass is 35.5. The number of halogens is 6. The summed E-state index contributed by atoms with van der Waals surface area (Å²) in [4.78, 5) is 15.3. The van der Waals surface area contributed by atoms with Gasteiger partial charge in [-0.2, -0.15) is 17.6 Å². The van der Waals surface area contributed by atoms with E-state index in [1.165, 1.54) is 24.4 Å². The number of hydrogen-bond donors (Lipinski definition) is 0. The van der Waals surface area contributed by atoms with Gasteiger partial charge in [0.25, 0.3) is 0 Å². The molecule has 0 aliphatic rings. The van der Waals surface area contributed by atoms with Gasteiger partial charge in [-0.25, -0.2) is 9.78 Å². The van der Waals surface area contributed by atoms with Crippen LogP contribution in [0.5, 0.6) is 17.4 Å². The van der Waals surface area contributed by atoms with E-state index >= 15 is 0 Å². The summed E-state index contributed by atoms with van der Waals surface area (Å²) in [6.07, 6.45) is -4.31. The maximum atomic E-state index is 13.7. The summed E-state index contributed by atoms with van der Waals surface area (Å²) in [5.41, 5.74) is 0. The van der Waals surface area contributed by atoms with Gasteiger partial charge in [0.15, 0.2) is 0 Å². The van der Waals surface area contributed by atoms with Crippen molar-refractivity contribution in [1.29, 1.82) is 0 Å². The van der Waals surface area contributed by atoms with E-state index in [1.54, 1.807) is 0 Å². The first kappa shape index (κ1) is 20.2. The molecule has 2 rings (SSSR count). The zero-order valence-electron chi connectivity index (χ0n) is 12.8. The average Bonchev–Trinajstić information content (AvgIpc) is 2.57. The Kier molecular flexibility index (Phi) is 5.94. The Bertz CT molecular complexity index is 801. The maximum Gasteiger partial charge on any atom is 0.460 e. The molecule has 0 bridgehead atoms. The number of methoxy groups -OCH3 is 1. The third-order valence-corrected chi connectivity index (χ3v) is 3.41. The van der Waals surface area contributed by atoms with Crippen LogP contribution in [0.3, 0.4) is 0 Å². The van der Waals surface area contributed by atoms with E-state index in [2.05, 4.69) is 14.5 Å². The van der Waals surface area contributed by atoms with Crippen LogP contribution >= 0.6 is 23.2 Å². The molecule has 0 spiro atoms. The van der Waals surface area contributed by atoms with Crippen LogP contribution in [0.15, 0.2) is 36.5 Å². The first-order valence-corrected chi connectivity index (χ1v) is 7.44. The number of carbonyl (C=O) groups excluding carboxylic acids is 1. The van der Waals surface area contributed by atoms with E-state index < -0.39 is 18.0 Å². The van der Waals surface area contributed by atoms with Gasteiger partial charge in [-0.15, -0.1) is 0 Å². The zero-order chi connectivity index (χ0) is 19.5. The van der Waals surface area contributed by atoms with Crippen molar-refractivity contribution in [2.75, 3.05) is 7.11 Å². The minimum atomic E-state index is -5.60. The molecule has 0 N–H and O–H groups in total.